The monoisotopic (exact) mass is 556 g/mol. The quantitative estimate of drug-likeness (QED) is 0.312. The first-order valence-corrected chi connectivity index (χ1v) is 14.2. The summed E-state index contributed by atoms with van der Waals surface area (Å²) in [6, 6.07) is 15.7. The van der Waals surface area contributed by atoms with E-state index in [0.29, 0.717) is 12.1 Å². The molecule has 2 saturated heterocycles. The number of nitrogens with one attached hydrogen (secondary N) is 1. The van der Waals surface area contributed by atoms with Crippen LogP contribution in [0.4, 0.5) is 11.5 Å². The smallest absolute Gasteiger partial charge is 0.251 e. The van der Waals surface area contributed by atoms with Gasteiger partial charge in [0.15, 0.2) is 5.65 Å². The number of piperazine rings is 1. The molecule has 1 amide bonds. The predicted molar refractivity (Wildman–Crippen MR) is 158 cm³/mol. The van der Waals surface area contributed by atoms with E-state index in [1.54, 1.807) is 13.4 Å². The van der Waals surface area contributed by atoms with E-state index in [1.165, 1.54) is 0 Å². The number of ether oxygens (including phenoxy) is 2. The lowest BCUT2D eigenvalue weighted by Gasteiger charge is -2.37. The van der Waals surface area contributed by atoms with Gasteiger partial charge < -0.3 is 24.6 Å². The molecule has 2 aromatic carbocycles. The molecule has 4 heterocycles. The molecule has 0 saturated carbocycles. The van der Waals surface area contributed by atoms with Crippen molar-refractivity contribution in [2.75, 3.05) is 82.5 Å². The van der Waals surface area contributed by atoms with Gasteiger partial charge in [-0.1, -0.05) is 18.2 Å². The van der Waals surface area contributed by atoms with Crippen molar-refractivity contribution in [3.63, 3.8) is 0 Å². The molecule has 2 aromatic heterocycles. The van der Waals surface area contributed by atoms with Crippen molar-refractivity contribution in [3.8, 4) is 11.4 Å². The molecule has 2 fully saturated rings. The fourth-order valence-electron chi connectivity index (χ4n) is 5.51. The number of para-hydroxylation sites is 1. The zero-order chi connectivity index (χ0) is 28.0. The Labute approximate surface area is 239 Å². The zero-order valence-electron chi connectivity index (χ0n) is 23.4. The van der Waals surface area contributed by atoms with Crippen LogP contribution in [0.2, 0.25) is 0 Å². The summed E-state index contributed by atoms with van der Waals surface area (Å²) in [4.78, 5) is 29.0. The van der Waals surface area contributed by atoms with Crippen molar-refractivity contribution >= 4 is 28.4 Å². The summed E-state index contributed by atoms with van der Waals surface area (Å²) < 4.78 is 12.9. The average molecular weight is 557 g/mol. The molecule has 2 aliphatic rings. The minimum absolute atomic E-state index is 0.0617. The lowest BCUT2D eigenvalue weighted by atomic mass is 10.1. The number of amides is 1. The average Bonchev–Trinajstić information content (AvgIpc) is 3.48. The van der Waals surface area contributed by atoms with Crippen molar-refractivity contribution in [1.82, 2.24) is 30.0 Å². The van der Waals surface area contributed by atoms with E-state index in [0.717, 1.165) is 99.4 Å². The second-order valence-corrected chi connectivity index (χ2v) is 10.3. The first-order chi connectivity index (χ1) is 20.2. The van der Waals surface area contributed by atoms with Crippen LogP contribution in [-0.2, 0) is 4.74 Å². The Hall–Kier alpha value is -4.22. The van der Waals surface area contributed by atoms with Gasteiger partial charge in [-0.3, -0.25) is 9.69 Å². The number of benzene rings is 2. The zero-order valence-corrected chi connectivity index (χ0v) is 23.4. The van der Waals surface area contributed by atoms with Crippen molar-refractivity contribution in [2.45, 2.75) is 6.42 Å². The van der Waals surface area contributed by atoms with E-state index < -0.39 is 0 Å². The van der Waals surface area contributed by atoms with Crippen LogP contribution in [0.3, 0.4) is 0 Å². The van der Waals surface area contributed by atoms with Gasteiger partial charge in [-0.2, -0.15) is 5.10 Å². The Morgan fingerprint density at radius 1 is 0.976 bits per heavy atom. The lowest BCUT2D eigenvalue weighted by Crippen LogP contribution is -2.47. The molecule has 11 heteroatoms. The molecule has 6 rings (SSSR count). The molecule has 0 bridgehead atoms. The van der Waals surface area contributed by atoms with Crippen LogP contribution in [-0.4, -0.2) is 103 Å². The summed E-state index contributed by atoms with van der Waals surface area (Å²) in [7, 11) is 1.67. The summed E-state index contributed by atoms with van der Waals surface area (Å²) in [6.45, 7) is 8.17. The topological polar surface area (TPSA) is 101 Å². The number of anilines is 2. The molecule has 0 unspecified atom stereocenters. The maximum atomic E-state index is 13.0. The van der Waals surface area contributed by atoms with Crippen LogP contribution >= 0.6 is 0 Å². The van der Waals surface area contributed by atoms with Crippen LogP contribution in [0.15, 0.2) is 61.1 Å². The van der Waals surface area contributed by atoms with Crippen molar-refractivity contribution in [2.24, 2.45) is 0 Å². The number of morpholine rings is 1. The molecular weight excluding hydrogens is 520 g/mol. The van der Waals surface area contributed by atoms with Gasteiger partial charge in [0.25, 0.3) is 5.91 Å². The Kier molecular flexibility index (Phi) is 8.24. The molecular formula is C30H36N8O3. The van der Waals surface area contributed by atoms with Crippen LogP contribution in [0, 0.1) is 0 Å². The first kappa shape index (κ1) is 27.0. The van der Waals surface area contributed by atoms with Crippen LogP contribution in [0.5, 0.6) is 5.75 Å². The van der Waals surface area contributed by atoms with Gasteiger partial charge in [-0.25, -0.2) is 14.6 Å². The predicted octanol–water partition coefficient (Wildman–Crippen LogP) is 2.60. The maximum absolute atomic E-state index is 13.0. The van der Waals surface area contributed by atoms with E-state index in [2.05, 4.69) is 35.1 Å². The van der Waals surface area contributed by atoms with Gasteiger partial charge in [0.05, 0.1) is 43.3 Å². The van der Waals surface area contributed by atoms with Gasteiger partial charge in [0.1, 0.15) is 17.9 Å². The van der Waals surface area contributed by atoms with E-state index in [9.17, 15) is 4.79 Å². The molecule has 4 aromatic rings. The summed E-state index contributed by atoms with van der Waals surface area (Å²) >= 11 is 0. The highest BCUT2D eigenvalue weighted by Gasteiger charge is 2.24. The number of rotatable bonds is 9. The van der Waals surface area contributed by atoms with Crippen LogP contribution < -0.4 is 19.9 Å². The standard InChI is InChI=1S/C30H36N8O3/c1-40-27-9-8-23(30(39)31-10-5-11-35-16-18-41-19-17-35)20-26(27)36-12-14-37(15-13-36)28-25-21-34-38(29(25)33-22-32-28)24-6-3-2-4-7-24/h2-4,6-9,20-22H,5,10-19H2,1H3,(H,31,39). The lowest BCUT2D eigenvalue weighted by molar-refractivity contribution is 0.0374. The number of hydrogen-bond acceptors (Lipinski definition) is 9. The molecule has 1 N–H and O–H groups in total. The highest BCUT2D eigenvalue weighted by Crippen LogP contribution is 2.32. The van der Waals surface area contributed by atoms with Gasteiger partial charge in [0.2, 0.25) is 0 Å². The summed E-state index contributed by atoms with van der Waals surface area (Å²) in [6.07, 6.45) is 4.37. The molecule has 214 valence electrons. The number of fused-ring (bicyclic) bond motifs is 1. The Morgan fingerprint density at radius 2 is 1.76 bits per heavy atom. The molecule has 41 heavy (non-hydrogen) atoms. The second kappa shape index (κ2) is 12.5. The summed E-state index contributed by atoms with van der Waals surface area (Å²) in [5.41, 5.74) is 3.32. The number of nitrogens with zero attached hydrogens (tertiary/aromatic N) is 7. The number of carbonyl (C=O) groups is 1. The Bertz CT molecular complexity index is 1460. The third-order valence-electron chi connectivity index (χ3n) is 7.75. The minimum Gasteiger partial charge on any atom is -0.495 e. The number of methoxy groups -OCH3 is 1. The molecule has 2 aliphatic heterocycles. The third kappa shape index (κ3) is 5.96. The van der Waals surface area contributed by atoms with Gasteiger partial charge in [-0.05, 0) is 43.3 Å². The Balaban J connectivity index is 1.10. The fraction of sp³-hybridized carbons (Fsp3) is 0.400. The van der Waals surface area contributed by atoms with E-state index >= 15 is 0 Å². The largest absolute Gasteiger partial charge is 0.495 e. The highest BCUT2D eigenvalue weighted by molar-refractivity contribution is 5.95. The number of carbonyl (C=O) groups excluding carboxylic acids is 1. The highest BCUT2D eigenvalue weighted by atomic mass is 16.5. The molecule has 0 aliphatic carbocycles. The molecule has 0 radical (unpaired) electrons. The fourth-order valence-corrected chi connectivity index (χ4v) is 5.51. The summed E-state index contributed by atoms with van der Waals surface area (Å²) in [5.74, 6) is 1.58. The first-order valence-electron chi connectivity index (χ1n) is 14.2. The van der Waals surface area contributed by atoms with Gasteiger partial charge in [-0.15, -0.1) is 0 Å². The van der Waals surface area contributed by atoms with Crippen LogP contribution in [0.25, 0.3) is 16.7 Å². The van der Waals surface area contributed by atoms with E-state index in [1.807, 2.05) is 59.4 Å². The van der Waals surface area contributed by atoms with Gasteiger partial charge in [0, 0.05) is 51.4 Å². The van der Waals surface area contributed by atoms with Crippen molar-refractivity contribution in [1.29, 1.82) is 0 Å². The Morgan fingerprint density at radius 3 is 2.54 bits per heavy atom. The van der Waals surface area contributed by atoms with Crippen LogP contribution in [0.1, 0.15) is 16.8 Å². The van der Waals surface area contributed by atoms with E-state index in [-0.39, 0.29) is 5.91 Å². The molecule has 11 nitrogen and oxygen atoms in total. The van der Waals surface area contributed by atoms with E-state index in [4.69, 9.17) is 9.47 Å². The second-order valence-electron chi connectivity index (χ2n) is 10.3. The number of hydrogen-bond donors (Lipinski definition) is 1. The summed E-state index contributed by atoms with van der Waals surface area (Å²) in [5, 5.41) is 8.60. The SMILES string of the molecule is COc1ccc(C(=O)NCCCN2CCOCC2)cc1N1CCN(c2ncnc3c2cnn3-c2ccccc2)CC1. The third-order valence-corrected chi connectivity index (χ3v) is 7.75. The maximum Gasteiger partial charge on any atom is 0.251 e. The van der Waals surface area contributed by atoms with Crippen molar-refractivity contribution in [3.05, 3.63) is 66.6 Å². The molecule has 0 spiro atoms. The number of aromatic nitrogens is 4. The molecule has 0 atom stereocenters. The van der Waals surface area contributed by atoms with Crippen molar-refractivity contribution < 1.29 is 14.3 Å². The minimum atomic E-state index is -0.0617. The van der Waals surface area contributed by atoms with Gasteiger partial charge >= 0.3 is 0 Å². The normalized spacial score (nSPS) is 16.2.